The van der Waals surface area contributed by atoms with Gasteiger partial charge in [-0.1, -0.05) is 0 Å². The summed E-state index contributed by atoms with van der Waals surface area (Å²) in [6.45, 7) is 6.33. The summed E-state index contributed by atoms with van der Waals surface area (Å²) in [5.74, 6) is -5.68. The number of aliphatic hydroxyl groups is 1. The van der Waals surface area contributed by atoms with E-state index >= 15 is 0 Å². The molecule has 44 heavy (non-hydrogen) atoms. The lowest BCUT2D eigenvalue weighted by molar-refractivity contribution is -0.347. The van der Waals surface area contributed by atoms with E-state index in [0.29, 0.717) is 0 Å². The number of ether oxygens (including phenoxy) is 9. The van der Waals surface area contributed by atoms with Crippen LogP contribution in [0.1, 0.15) is 48.5 Å². The molecular weight excluding hydrogens is 598 g/mol. The molecule has 2 saturated heterocycles. The van der Waals surface area contributed by atoms with E-state index in [2.05, 4.69) is 5.32 Å². The minimum Gasteiger partial charge on any atom is -0.463 e. The number of esters is 6. The van der Waals surface area contributed by atoms with Crippen molar-refractivity contribution in [2.24, 2.45) is 0 Å². The average molecular weight is 636 g/mol. The smallest absolute Gasteiger partial charge is 0.303 e. The Morgan fingerprint density at radius 1 is 0.568 bits per heavy atom. The standard InChI is InChI=1S/C26H37NO17/c1-10(28)27-19-22(39-14(5)32)20(17(42-25(19)35)8-36-11(2)29)44-26-24(41-16(7)34)23(40-15(6)33)21(38-13(4)31)18(43-26)9-37-12(3)30/h17-26,35H,8-9H2,1-7H3,(H,27,28)/t17-,18+,19-,20-,21-,22-,23+,24-,25-,26+/m1/s1. The highest BCUT2D eigenvalue weighted by molar-refractivity contribution is 5.73. The fourth-order valence-corrected chi connectivity index (χ4v) is 4.59. The summed E-state index contributed by atoms with van der Waals surface area (Å²) >= 11 is 0. The first-order chi connectivity index (χ1) is 20.5. The second-order valence-corrected chi connectivity index (χ2v) is 9.84. The Morgan fingerprint density at radius 3 is 1.45 bits per heavy atom. The van der Waals surface area contributed by atoms with Crippen LogP contribution < -0.4 is 5.32 Å². The predicted molar refractivity (Wildman–Crippen MR) is 138 cm³/mol. The first-order valence-electron chi connectivity index (χ1n) is 13.4. The van der Waals surface area contributed by atoms with Gasteiger partial charge in [0.2, 0.25) is 5.91 Å². The van der Waals surface area contributed by atoms with Crippen LogP contribution in [-0.4, -0.2) is 121 Å². The van der Waals surface area contributed by atoms with Gasteiger partial charge in [-0.25, -0.2) is 0 Å². The molecule has 0 spiro atoms. The zero-order valence-electron chi connectivity index (χ0n) is 25.2. The number of rotatable bonds is 11. The van der Waals surface area contributed by atoms with Crippen molar-refractivity contribution < 1.29 is 81.3 Å². The largest absolute Gasteiger partial charge is 0.463 e. The zero-order valence-corrected chi connectivity index (χ0v) is 25.2. The Hall–Kier alpha value is -3.87. The number of aliphatic hydroxyl groups excluding tert-OH is 1. The zero-order chi connectivity index (χ0) is 33.3. The molecule has 0 saturated carbocycles. The molecule has 2 heterocycles. The molecule has 2 aliphatic heterocycles. The van der Waals surface area contributed by atoms with E-state index in [1.807, 2.05) is 0 Å². The van der Waals surface area contributed by atoms with Gasteiger partial charge >= 0.3 is 35.8 Å². The Labute approximate surface area is 251 Å². The Balaban J connectivity index is 2.66. The molecule has 2 aliphatic rings. The van der Waals surface area contributed by atoms with Gasteiger partial charge in [0.05, 0.1) is 0 Å². The van der Waals surface area contributed by atoms with Crippen LogP contribution in [0.4, 0.5) is 0 Å². The highest BCUT2D eigenvalue weighted by Crippen LogP contribution is 2.34. The van der Waals surface area contributed by atoms with E-state index in [1.54, 1.807) is 0 Å². The van der Waals surface area contributed by atoms with E-state index in [4.69, 9.17) is 42.6 Å². The van der Waals surface area contributed by atoms with Gasteiger partial charge in [0.1, 0.15) is 37.6 Å². The summed E-state index contributed by atoms with van der Waals surface area (Å²) in [5.41, 5.74) is 0. The normalized spacial score (nSPS) is 31.5. The molecular formula is C26H37NO17. The van der Waals surface area contributed by atoms with E-state index in [1.165, 1.54) is 0 Å². The molecule has 0 aromatic carbocycles. The van der Waals surface area contributed by atoms with Crippen molar-refractivity contribution in [2.75, 3.05) is 13.2 Å². The predicted octanol–water partition coefficient (Wildman–Crippen LogP) is -1.83. The SMILES string of the molecule is CC(=O)N[C@@H]1[C@@H](OC(C)=O)[C@H](O[C@@H]2O[C@@H](COC(C)=O)[C@@H](OC(C)=O)[C@H](OC(C)=O)[C@H]2OC(C)=O)[C@@H](COC(C)=O)O[C@H]1O. The number of hydrogen-bond donors (Lipinski definition) is 2. The number of hydrogen-bond acceptors (Lipinski definition) is 17. The van der Waals surface area contributed by atoms with Crippen molar-refractivity contribution in [1.82, 2.24) is 5.32 Å². The molecule has 10 atom stereocenters. The molecule has 18 nitrogen and oxygen atoms in total. The van der Waals surface area contributed by atoms with Gasteiger partial charge in [-0.3, -0.25) is 33.6 Å². The molecule has 248 valence electrons. The maximum atomic E-state index is 12.2. The lowest BCUT2D eigenvalue weighted by Gasteiger charge is -2.48. The number of carbonyl (C=O) groups is 7. The van der Waals surface area contributed by atoms with Gasteiger partial charge in [0.25, 0.3) is 0 Å². The molecule has 0 bridgehead atoms. The molecule has 2 N–H and O–H groups in total. The van der Waals surface area contributed by atoms with E-state index in [0.717, 1.165) is 48.5 Å². The molecule has 0 unspecified atom stereocenters. The Morgan fingerprint density at radius 2 is 1.00 bits per heavy atom. The van der Waals surface area contributed by atoms with Crippen LogP contribution >= 0.6 is 0 Å². The van der Waals surface area contributed by atoms with Gasteiger partial charge in [-0.2, -0.15) is 0 Å². The van der Waals surface area contributed by atoms with Crippen LogP contribution in [-0.2, 0) is 76.2 Å². The second kappa shape index (κ2) is 16.3. The van der Waals surface area contributed by atoms with Gasteiger partial charge in [-0.05, 0) is 0 Å². The summed E-state index contributed by atoms with van der Waals surface area (Å²) in [5, 5.41) is 13.1. The third-order valence-corrected chi connectivity index (χ3v) is 6.03. The number of amides is 1. The van der Waals surface area contributed by atoms with E-state index < -0.39 is 116 Å². The summed E-state index contributed by atoms with van der Waals surface area (Å²) in [6, 6.07) is -1.43. The van der Waals surface area contributed by atoms with Crippen LogP contribution in [0.15, 0.2) is 0 Å². The Kier molecular flexibility index (Phi) is 13.4. The second-order valence-electron chi connectivity index (χ2n) is 9.84. The first kappa shape index (κ1) is 36.3. The van der Waals surface area contributed by atoms with Crippen LogP contribution in [0.25, 0.3) is 0 Å². The van der Waals surface area contributed by atoms with E-state index in [9.17, 15) is 38.7 Å². The maximum absolute atomic E-state index is 12.2. The average Bonchev–Trinajstić information content (AvgIpc) is 2.87. The number of nitrogens with one attached hydrogen (secondary N) is 1. The van der Waals surface area contributed by atoms with Gasteiger partial charge in [0, 0.05) is 48.5 Å². The van der Waals surface area contributed by atoms with Crippen LogP contribution in [0, 0.1) is 0 Å². The lowest BCUT2D eigenvalue weighted by atomic mass is 9.95. The van der Waals surface area contributed by atoms with Crippen molar-refractivity contribution in [2.45, 2.75) is 110 Å². The Bertz CT molecular complexity index is 1090. The molecule has 0 radical (unpaired) electrons. The van der Waals surface area contributed by atoms with Crippen molar-refractivity contribution >= 4 is 41.7 Å². The van der Waals surface area contributed by atoms with Crippen LogP contribution in [0.2, 0.25) is 0 Å². The van der Waals surface area contributed by atoms with Crippen LogP contribution in [0.3, 0.4) is 0 Å². The fraction of sp³-hybridized carbons (Fsp3) is 0.731. The molecule has 1 amide bonds. The summed E-state index contributed by atoms with van der Waals surface area (Å²) in [7, 11) is 0. The van der Waals surface area contributed by atoms with Crippen molar-refractivity contribution in [3.8, 4) is 0 Å². The third kappa shape index (κ3) is 10.7. The van der Waals surface area contributed by atoms with Gasteiger partial charge < -0.3 is 53.1 Å². The van der Waals surface area contributed by atoms with Gasteiger partial charge in [0.15, 0.2) is 37.0 Å². The minimum atomic E-state index is -1.79. The molecule has 0 aromatic rings. The quantitative estimate of drug-likeness (QED) is 0.188. The maximum Gasteiger partial charge on any atom is 0.303 e. The molecule has 0 aromatic heterocycles. The fourth-order valence-electron chi connectivity index (χ4n) is 4.59. The summed E-state index contributed by atoms with van der Waals surface area (Å²) < 4.78 is 49.2. The van der Waals surface area contributed by atoms with Crippen molar-refractivity contribution in [3.05, 3.63) is 0 Å². The van der Waals surface area contributed by atoms with Gasteiger partial charge in [-0.15, -0.1) is 0 Å². The van der Waals surface area contributed by atoms with E-state index in [-0.39, 0.29) is 0 Å². The molecule has 2 fully saturated rings. The monoisotopic (exact) mass is 635 g/mol. The topological polar surface area (TPSA) is 235 Å². The number of carbonyl (C=O) groups excluding carboxylic acids is 7. The summed E-state index contributed by atoms with van der Waals surface area (Å²) in [6.07, 6.45) is -14.2. The summed E-state index contributed by atoms with van der Waals surface area (Å²) in [4.78, 5) is 83.6. The van der Waals surface area contributed by atoms with Crippen molar-refractivity contribution in [1.29, 1.82) is 0 Å². The van der Waals surface area contributed by atoms with Crippen molar-refractivity contribution in [3.63, 3.8) is 0 Å². The molecule has 0 aliphatic carbocycles. The molecule has 18 heteroatoms. The highest BCUT2D eigenvalue weighted by atomic mass is 16.8. The lowest BCUT2D eigenvalue weighted by Crippen LogP contribution is -2.68. The molecule has 2 rings (SSSR count). The minimum absolute atomic E-state index is 0.559. The first-order valence-corrected chi connectivity index (χ1v) is 13.4. The third-order valence-electron chi connectivity index (χ3n) is 6.03. The van der Waals surface area contributed by atoms with Crippen LogP contribution in [0.5, 0.6) is 0 Å². The highest BCUT2D eigenvalue weighted by Gasteiger charge is 2.56.